The quantitative estimate of drug-likeness (QED) is 0.677. The number of rotatable bonds is 4. The van der Waals surface area contributed by atoms with Crippen LogP contribution in [0.25, 0.3) is 11.0 Å². The Morgan fingerprint density at radius 3 is 2.90 bits per heavy atom. The Balaban J connectivity index is 2.10. The smallest absolute Gasteiger partial charge is 0.115 e. The van der Waals surface area contributed by atoms with Gasteiger partial charge in [0.15, 0.2) is 0 Å². The van der Waals surface area contributed by atoms with Crippen LogP contribution >= 0.6 is 27.5 Å². The molecule has 1 aromatic carbocycles. The number of aromatic nitrogens is 4. The second-order valence-electron chi connectivity index (χ2n) is 4.39. The van der Waals surface area contributed by atoms with Crippen LogP contribution in [0.4, 0.5) is 0 Å². The van der Waals surface area contributed by atoms with E-state index in [1.165, 1.54) is 0 Å². The van der Waals surface area contributed by atoms with Crippen molar-refractivity contribution in [3.05, 3.63) is 52.8 Å². The summed E-state index contributed by atoms with van der Waals surface area (Å²) in [7, 11) is 0. The lowest BCUT2D eigenvalue weighted by molar-refractivity contribution is 0.735. The van der Waals surface area contributed by atoms with Gasteiger partial charge in [0.05, 0.1) is 23.3 Å². The van der Waals surface area contributed by atoms with Gasteiger partial charge in [-0.15, -0.1) is 11.6 Å². The Kier molecular flexibility index (Phi) is 3.98. The van der Waals surface area contributed by atoms with Gasteiger partial charge in [-0.3, -0.25) is 0 Å². The summed E-state index contributed by atoms with van der Waals surface area (Å²) in [4.78, 5) is 12.9. The van der Waals surface area contributed by atoms with Crippen LogP contribution in [0, 0.1) is 0 Å². The number of aryl methyl sites for hydroxylation is 1. The standard InChI is InChI=1S/C14H12BrClN4/c15-10-1-2-12-13(7-10)20(14(19-12)3-5-16)8-11-4-6-17-9-18-11/h1-2,4,6-7,9H,3,5,8H2. The molecular formula is C14H12BrClN4. The zero-order valence-corrected chi connectivity index (χ0v) is 13.0. The predicted molar refractivity (Wildman–Crippen MR) is 83.0 cm³/mol. The van der Waals surface area contributed by atoms with Crippen molar-refractivity contribution in [2.75, 3.05) is 5.88 Å². The van der Waals surface area contributed by atoms with Crippen molar-refractivity contribution in [2.24, 2.45) is 0 Å². The van der Waals surface area contributed by atoms with E-state index in [0.717, 1.165) is 33.4 Å². The van der Waals surface area contributed by atoms with Gasteiger partial charge in [-0.2, -0.15) is 0 Å². The normalized spacial score (nSPS) is 11.1. The summed E-state index contributed by atoms with van der Waals surface area (Å²) in [6.45, 7) is 0.668. The maximum Gasteiger partial charge on any atom is 0.115 e. The van der Waals surface area contributed by atoms with E-state index in [-0.39, 0.29) is 0 Å². The third kappa shape index (κ3) is 2.69. The van der Waals surface area contributed by atoms with Gasteiger partial charge in [0.25, 0.3) is 0 Å². The Morgan fingerprint density at radius 2 is 2.15 bits per heavy atom. The Bertz CT molecular complexity index is 727. The van der Waals surface area contributed by atoms with Gasteiger partial charge >= 0.3 is 0 Å². The second-order valence-corrected chi connectivity index (χ2v) is 5.68. The van der Waals surface area contributed by atoms with E-state index in [1.54, 1.807) is 12.5 Å². The number of nitrogens with zero attached hydrogens (tertiary/aromatic N) is 4. The molecule has 0 fully saturated rings. The first-order valence-corrected chi connectivity index (χ1v) is 7.56. The molecule has 3 rings (SSSR count). The summed E-state index contributed by atoms with van der Waals surface area (Å²) < 4.78 is 3.19. The van der Waals surface area contributed by atoms with Crippen molar-refractivity contribution in [3.63, 3.8) is 0 Å². The zero-order valence-electron chi connectivity index (χ0n) is 10.6. The minimum Gasteiger partial charge on any atom is -0.322 e. The van der Waals surface area contributed by atoms with E-state index in [9.17, 15) is 0 Å². The first kappa shape index (κ1) is 13.5. The maximum absolute atomic E-state index is 5.88. The molecule has 0 aliphatic rings. The minimum atomic E-state index is 0.550. The lowest BCUT2D eigenvalue weighted by atomic mass is 10.3. The molecule has 0 unspecified atom stereocenters. The summed E-state index contributed by atoms with van der Waals surface area (Å²) >= 11 is 9.39. The Labute approximate surface area is 130 Å². The summed E-state index contributed by atoms with van der Waals surface area (Å²) in [5.74, 6) is 1.53. The number of imidazole rings is 1. The van der Waals surface area contributed by atoms with Crippen molar-refractivity contribution >= 4 is 38.6 Å². The van der Waals surface area contributed by atoms with Crippen LogP contribution in [0.2, 0.25) is 0 Å². The summed E-state index contributed by atoms with van der Waals surface area (Å²) in [6, 6.07) is 7.98. The fourth-order valence-corrected chi connectivity index (χ4v) is 2.69. The summed E-state index contributed by atoms with van der Waals surface area (Å²) in [5, 5.41) is 0. The van der Waals surface area contributed by atoms with Crippen LogP contribution < -0.4 is 0 Å². The molecule has 0 saturated carbocycles. The Morgan fingerprint density at radius 1 is 1.25 bits per heavy atom. The third-order valence-corrected chi connectivity index (χ3v) is 3.75. The maximum atomic E-state index is 5.88. The number of halogens is 2. The molecule has 6 heteroatoms. The molecule has 0 spiro atoms. The molecule has 2 aromatic heterocycles. The number of hydrogen-bond donors (Lipinski definition) is 0. The molecule has 2 heterocycles. The highest BCUT2D eigenvalue weighted by atomic mass is 79.9. The highest BCUT2D eigenvalue weighted by Crippen LogP contribution is 2.22. The number of benzene rings is 1. The van der Waals surface area contributed by atoms with E-state index in [1.807, 2.05) is 18.2 Å². The SMILES string of the molecule is ClCCc1nc2ccc(Br)cc2n1Cc1ccncn1. The van der Waals surface area contributed by atoms with E-state index >= 15 is 0 Å². The van der Waals surface area contributed by atoms with Gasteiger partial charge in [-0.1, -0.05) is 15.9 Å². The van der Waals surface area contributed by atoms with E-state index in [2.05, 4.69) is 41.5 Å². The summed E-state index contributed by atoms with van der Waals surface area (Å²) in [6.07, 6.45) is 4.04. The van der Waals surface area contributed by atoms with Crippen LogP contribution in [0.5, 0.6) is 0 Å². The second kappa shape index (κ2) is 5.89. The highest BCUT2D eigenvalue weighted by Gasteiger charge is 2.11. The molecule has 0 aliphatic carbocycles. The first-order valence-electron chi connectivity index (χ1n) is 6.23. The molecule has 0 bridgehead atoms. The van der Waals surface area contributed by atoms with Gasteiger partial charge in [-0.05, 0) is 24.3 Å². The Hall–Kier alpha value is -1.46. The van der Waals surface area contributed by atoms with Crippen molar-refractivity contribution in [3.8, 4) is 0 Å². The molecule has 3 aromatic rings. The summed E-state index contributed by atoms with van der Waals surface area (Å²) in [5.41, 5.74) is 3.01. The first-order chi connectivity index (χ1) is 9.78. The molecule has 0 saturated heterocycles. The van der Waals surface area contributed by atoms with E-state index in [4.69, 9.17) is 11.6 Å². The monoisotopic (exact) mass is 350 g/mol. The predicted octanol–water partition coefficient (Wildman–Crippen LogP) is 3.42. The fourth-order valence-electron chi connectivity index (χ4n) is 2.17. The van der Waals surface area contributed by atoms with Crippen molar-refractivity contribution < 1.29 is 0 Å². The van der Waals surface area contributed by atoms with Crippen LogP contribution in [0.1, 0.15) is 11.5 Å². The molecule has 102 valence electrons. The lowest BCUT2D eigenvalue weighted by Crippen LogP contribution is -2.07. The van der Waals surface area contributed by atoms with Crippen LogP contribution in [-0.4, -0.2) is 25.4 Å². The van der Waals surface area contributed by atoms with Crippen molar-refractivity contribution in [1.82, 2.24) is 19.5 Å². The largest absolute Gasteiger partial charge is 0.322 e. The molecule has 0 atom stereocenters. The van der Waals surface area contributed by atoms with Gasteiger partial charge in [0.2, 0.25) is 0 Å². The number of hydrogen-bond acceptors (Lipinski definition) is 3. The number of alkyl halides is 1. The van der Waals surface area contributed by atoms with Crippen molar-refractivity contribution in [1.29, 1.82) is 0 Å². The third-order valence-electron chi connectivity index (χ3n) is 3.07. The molecule has 0 N–H and O–H groups in total. The van der Waals surface area contributed by atoms with Gasteiger partial charge in [0.1, 0.15) is 12.2 Å². The van der Waals surface area contributed by atoms with E-state index < -0.39 is 0 Å². The average Bonchev–Trinajstić information content (AvgIpc) is 2.78. The molecule has 20 heavy (non-hydrogen) atoms. The van der Waals surface area contributed by atoms with Crippen molar-refractivity contribution in [2.45, 2.75) is 13.0 Å². The fraction of sp³-hybridized carbons (Fsp3) is 0.214. The molecule has 0 amide bonds. The van der Waals surface area contributed by atoms with Crippen LogP contribution in [0.15, 0.2) is 41.3 Å². The van der Waals surface area contributed by atoms with Crippen LogP contribution in [0.3, 0.4) is 0 Å². The van der Waals surface area contributed by atoms with Gasteiger partial charge in [0, 0.05) is 23.0 Å². The van der Waals surface area contributed by atoms with Crippen LogP contribution in [-0.2, 0) is 13.0 Å². The van der Waals surface area contributed by atoms with E-state index in [0.29, 0.717) is 12.4 Å². The number of fused-ring (bicyclic) bond motifs is 1. The van der Waals surface area contributed by atoms with Gasteiger partial charge < -0.3 is 4.57 Å². The topological polar surface area (TPSA) is 43.6 Å². The minimum absolute atomic E-state index is 0.550. The van der Waals surface area contributed by atoms with Gasteiger partial charge in [-0.25, -0.2) is 15.0 Å². The molecule has 0 radical (unpaired) electrons. The lowest BCUT2D eigenvalue weighted by Gasteiger charge is -2.08. The molecular weight excluding hydrogens is 340 g/mol. The zero-order chi connectivity index (χ0) is 13.9. The molecule has 0 aliphatic heterocycles. The highest BCUT2D eigenvalue weighted by molar-refractivity contribution is 9.10. The molecule has 4 nitrogen and oxygen atoms in total. The average molecular weight is 352 g/mol.